The van der Waals surface area contributed by atoms with Crippen LogP contribution >= 0.6 is 11.6 Å². The van der Waals surface area contributed by atoms with Gasteiger partial charge in [-0.1, -0.05) is 41.9 Å². The number of H-pyrrole nitrogens is 1. The Labute approximate surface area is 123 Å². The van der Waals surface area contributed by atoms with Crippen LogP contribution in [-0.2, 0) is 0 Å². The lowest BCUT2D eigenvalue weighted by molar-refractivity contribution is 0.991. The second-order valence-electron chi connectivity index (χ2n) is 4.65. The molecule has 2 aromatic carbocycles. The smallest absolute Gasteiger partial charge is 0.293 e. The van der Waals surface area contributed by atoms with Gasteiger partial charge in [0.15, 0.2) is 5.82 Å². The SMILES string of the molecule is O=c1[nH]c2cc(Cl)ccc2n2nc(-c3ccccc3)nc12. The fourth-order valence-electron chi connectivity index (χ4n) is 2.31. The summed E-state index contributed by atoms with van der Waals surface area (Å²) in [5.41, 5.74) is 2.22. The first-order valence-electron chi connectivity index (χ1n) is 6.36. The Morgan fingerprint density at radius 2 is 1.90 bits per heavy atom. The Balaban J connectivity index is 2.09. The maximum atomic E-state index is 12.1. The summed E-state index contributed by atoms with van der Waals surface area (Å²) in [6.45, 7) is 0. The van der Waals surface area contributed by atoms with Crippen LogP contribution in [0.15, 0.2) is 53.3 Å². The first kappa shape index (κ1) is 12.1. The molecule has 1 N–H and O–H groups in total. The van der Waals surface area contributed by atoms with Gasteiger partial charge in [-0.3, -0.25) is 4.79 Å². The molecule has 0 unspecified atom stereocenters. The van der Waals surface area contributed by atoms with Gasteiger partial charge in [0.05, 0.1) is 11.0 Å². The van der Waals surface area contributed by atoms with Gasteiger partial charge in [0.25, 0.3) is 5.56 Å². The van der Waals surface area contributed by atoms with Gasteiger partial charge < -0.3 is 4.98 Å². The van der Waals surface area contributed by atoms with Crippen molar-refractivity contribution in [1.29, 1.82) is 0 Å². The number of hydrogen-bond acceptors (Lipinski definition) is 3. The van der Waals surface area contributed by atoms with Crippen molar-refractivity contribution < 1.29 is 0 Å². The van der Waals surface area contributed by atoms with Gasteiger partial charge in [-0.2, -0.15) is 0 Å². The second-order valence-corrected chi connectivity index (χ2v) is 5.09. The third-order valence-electron chi connectivity index (χ3n) is 3.28. The number of aromatic nitrogens is 4. The summed E-state index contributed by atoms with van der Waals surface area (Å²) in [5.74, 6) is 0.517. The number of hydrogen-bond donors (Lipinski definition) is 1. The first-order chi connectivity index (χ1) is 10.2. The summed E-state index contributed by atoms with van der Waals surface area (Å²) in [6, 6.07) is 14.8. The molecule has 0 atom stereocenters. The number of benzene rings is 2. The standard InChI is InChI=1S/C15H9ClN4O/c16-10-6-7-12-11(8-10)17-15(21)14-18-13(19-20(12)14)9-4-2-1-3-5-9/h1-8H,(H,17,21). The van der Waals surface area contributed by atoms with Crippen molar-refractivity contribution in [3.63, 3.8) is 0 Å². The monoisotopic (exact) mass is 296 g/mol. The molecule has 0 bridgehead atoms. The zero-order valence-corrected chi connectivity index (χ0v) is 11.5. The average molecular weight is 297 g/mol. The number of aromatic amines is 1. The molecular weight excluding hydrogens is 288 g/mol. The highest BCUT2D eigenvalue weighted by Crippen LogP contribution is 2.19. The van der Waals surface area contributed by atoms with Crippen molar-refractivity contribution in [1.82, 2.24) is 19.6 Å². The molecule has 5 nitrogen and oxygen atoms in total. The van der Waals surface area contributed by atoms with Gasteiger partial charge in [0.1, 0.15) is 0 Å². The topological polar surface area (TPSA) is 63.0 Å². The van der Waals surface area contributed by atoms with Crippen LogP contribution in [0, 0.1) is 0 Å². The van der Waals surface area contributed by atoms with Crippen molar-refractivity contribution >= 4 is 28.3 Å². The number of fused-ring (bicyclic) bond motifs is 3. The molecule has 4 rings (SSSR count). The highest BCUT2D eigenvalue weighted by atomic mass is 35.5. The van der Waals surface area contributed by atoms with Crippen LogP contribution < -0.4 is 5.56 Å². The fraction of sp³-hybridized carbons (Fsp3) is 0. The molecule has 0 amide bonds. The average Bonchev–Trinajstić information content (AvgIpc) is 2.94. The summed E-state index contributed by atoms with van der Waals surface area (Å²) in [5, 5.41) is 5.00. The number of rotatable bonds is 1. The predicted octanol–water partition coefficient (Wildman–Crippen LogP) is 2.89. The Morgan fingerprint density at radius 1 is 1.10 bits per heavy atom. The Kier molecular flexibility index (Phi) is 2.55. The van der Waals surface area contributed by atoms with Gasteiger partial charge in [-0.25, -0.2) is 9.50 Å². The number of halogens is 1. The number of nitrogens with one attached hydrogen (secondary N) is 1. The fourth-order valence-corrected chi connectivity index (χ4v) is 2.48. The van der Waals surface area contributed by atoms with E-state index in [4.69, 9.17) is 11.6 Å². The van der Waals surface area contributed by atoms with Crippen LogP contribution in [-0.4, -0.2) is 19.6 Å². The molecule has 6 heteroatoms. The van der Waals surface area contributed by atoms with Crippen molar-refractivity contribution in [2.75, 3.05) is 0 Å². The van der Waals surface area contributed by atoms with E-state index in [2.05, 4.69) is 15.1 Å². The highest BCUT2D eigenvalue weighted by Gasteiger charge is 2.12. The minimum absolute atomic E-state index is 0.267. The van der Waals surface area contributed by atoms with E-state index in [0.717, 1.165) is 11.1 Å². The van der Waals surface area contributed by atoms with E-state index in [9.17, 15) is 4.79 Å². The normalized spacial score (nSPS) is 11.3. The maximum Gasteiger partial charge on any atom is 0.293 e. The molecule has 0 radical (unpaired) electrons. The molecule has 21 heavy (non-hydrogen) atoms. The lowest BCUT2D eigenvalue weighted by Crippen LogP contribution is -2.11. The van der Waals surface area contributed by atoms with Crippen molar-refractivity contribution in [3.8, 4) is 11.4 Å². The molecular formula is C15H9ClN4O. The molecule has 4 aromatic rings. The second kappa shape index (κ2) is 4.43. The quantitative estimate of drug-likeness (QED) is 0.587. The van der Waals surface area contributed by atoms with E-state index in [-0.39, 0.29) is 11.2 Å². The predicted molar refractivity (Wildman–Crippen MR) is 81.6 cm³/mol. The van der Waals surface area contributed by atoms with Gasteiger partial charge in [0, 0.05) is 10.6 Å². The van der Waals surface area contributed by atoms with Crippen LogP contribution in [0.25, 0.3) is 28.1 Å². The van der Waals surface area contributed by atoms with Gasteiger partial charge in [-0.15, -0.1) is 5.10 Å². The molecule has 2 heterocycles. The van der Waals surface area contributed by atoms with Gasteiger partial charge >= 0.3 is 0 Å². The van der Waals surface area contributed by atoms with Crippen LogP contribution in [0.2, 0.25) is 5.02 Å². The highest BCUT2D eigenvalue weighted by molar-refractivity contribution is 6.31. The Hall–Kier alpha value is -2.66. The summed E-state index contributed by atoms with van der Waals surface area (Å²) in [6.07, 6.45) is 0. The van der Waals surface area contributed by atoms with E-state index >= 15 is 0 Å². The summed E-state index contributed by atoms with van der Waals surface area (Å²) in [7, 11) is 0. The lowest BCUT2D eigenvalue weighted by Gasteiger charge is -2.00. The van der Waals surface area contributed by atoms with Crippen LogP contribution in [0.3, 0.4) is 0 Å². The van der Waals surface area contributed by atoms with Crippen molar-refractivity contribution in [2.24, 2.45) is 0 Å². The zero-order valence-electron chi connectivity index (χ0n) is 10.7. The molecule has 0 spiro atoms. The molecule has 0 fully saturated rings. The molecule has 0 aliphatic heterocycles. The van der Waals surface area contributed by atoms with Crippen LogP contribution in [0.5, 0.6) is 0 Å². The molecule has 0 aliphatic carbocycles. The summed E-state index contributed by atoms with van der Waals surface area (Å²) in [4.78, 5) is 19.2. The zero-order chi connectivity index (χ0) is 14.4. The minimum Gasteiger partial charge on any atom is -0.317 e. The summed E-state index contributed by atoms with van der Waals surface area (Å²) < 4.78 is 1.55. The van der Waals surface area contributed by atoms with E-state index in [1.54, 1.807) is 16.6 Å². The van der Waals surface area contributed by atoms with Gasteiger partial charge in [0.2, 0.25) is 5.65 Å². The van der Waals surface area contributed by atoms with Crippen LogP contribution in [0.1, 0.15) is 0 Å². The third kappa shape index (κ3) is 1.90. The van der Waals surface area contributed by atoms with E-state index in [0.29, 0.717) is 16.4 Å². The third-order valence-corrected chi connectivity index (χ3v) is 3.51. The van der Waals surface area contributed by atoms with E-state index in [1.807, 2.05) is 36.4 Å². The Morgan fingerprint density at radius 3 is 2.71 bits per heavy atom. The molecule has 0 saturated heterocycles. The summed E-state index contributed by atoms with van der Waals surface area (Å²) >= 11 is 5.96. The largest absolute Gasteiger partial charge is 0.317 e. The first-order valence-corrected chi connectivity index (χ1v) is 6.74. The van der Waals surface area contributed by atoms with Crippen LogP contribution in [0.4, 0.5) is 0 Å². The number of nitrogens with zero attached hydrogens (tertiary/aromatic N) is 3. The molecule has 102 valence electrons. The van der Waals surface area contributed by atoms with Crippen molar-refractivity contribution in [3.05, 3.63) is 63.9 Å². The molecule has 0 aliphatic rings. The minimum atomic E-state index is -0.292. The molecule has 2 aromatic heterocycles. The van der Waals surface area contributed by atoms with E-state index in [1.165, 1.54) is 0 Å². The van der Waals surface area contributed by atoms with E-state index < -0.39 is 0 Å². The molecule has 0 saturated carbocycles. The van der Waals surface area contributed by atoms with Crippen molar-refractivity contribution in [2.45, 2.75) is 0 Å². The maximum absolute atomic E-state index is 12.1. The Bertz CT molecular complexity index is 1020. The van der Waals surface area contributed by atoms with Gasteiger partial charge in [-0.05, 0) is 18.2 Å². The lowest BCUT2D eigenvalue weighted by atomic mass is 10.2.